The molecule has 1 aromatic rings. The third-order valence-electron chi connectivity index (χ3n) is 3.94. The molecule has 2 N–H and O–H groups in total. The Kier molecular flexibility index (Phi) is 7.27. The Hall–Kier alpha value is -0.320. The predicted molar refractivity (Wildman–Crippen MR) is 96.7 cm³/mol. The highest BCUT2D eigenvalue weighted by Gasteiger charge is 2.31. The monoisotopic (exact) mass is 325 g/mol. The van der Waals surface area contributed by atoms with Crippen molar-refractivity contribution in [1.29, 1.82) is 0 Å². The van der Waals surface area contributed by atoms with Crippen molar-refractivity contribution in [3.8, 4) is 5.75 Å². The first-order chi connectivity index (χ1) is 10.2. The van der Waals surface area contributed by atoms with Gasteiger partial charge in [-0.2, -0.15) is 23.5 Å². The summed E-state index contributed by atoms with van der Waals surface area (Å²) < 4.78 is 0. The molecule has 0 saturated carbocycles. The van der Waals surface area contributed by atoms with Gasteiger partial charge in [-0.1, -0.05) is 26.0 Å². The molecular formula is C17H27NOS2. The summed E-state index contributed by atoms with van der Waals surface area (Å²) in [7, 11) is 0. The van der Waals surface area contributed by atoms with Crippen molar-refractivity contribution >= 4 is 23.5 Å². The Morgan fingerprint density at radius 1 is 1.19 bits per heavy atom. The Morgan fingerprint density at radius 3 is 2.57 bits per heavy atom. The smallest absolute Gasteiger partial charge is 0.115 e. The van der Waals surface area contributed by atoms with Crippen molar-refractivity contribution in [3.63, 3.8) is 0 Å². The van der Waals surface area contributed by atoms with E-state index in [1.807, 2.05) is 0 Å². The number of hydrogen-bond acceptors (Lipinski definition) is 4. The minimum absolute atomic E-state index is 0.353. The van der Waals surface area contributed by atoms with Crippen LogP contribution in [0.1, 0.15) is 32.3 Å². The van der Waals surface area contributed by atoms with Gasteiger partial charge in [0.25, 0.3) is 0 Å². The highest BCUT2D eigenvalue weighted by Crippen LogP contribution is 2.36. The number of rotatable bonds is 7. The van der Waals surface area contributed by atoms with Crippen LogP contribution in [0.25, 0.3) is 0 Å². The van der Waals surface area contributed by atoms with Crippen molar-refractivity contribution in [2.45, 2.75) is 49.7 Å². The standard InChI is InChI=1S/C17H27NOS2/c1-3-9-18-15(12-13-5-7-14(19)8-6-13)17-16(4-2)20-10-11-21-17/h5-8,15-19H,3-4,9-12H2,1-2H3. The summed E-state index contributed by atoms with van der Waals surface area (Å²) in [6.45, 7) is 5.62. The van der Waals surface area contributed by atoms with Crippen molar-refractivity contribution in [2.75, 3.05) is 18.1 Å². The third-order valence-corrected chi connectivity index (χ3v) is 7.35. The molecule has 2 rings (SSSR count). The average Bonchev–Trinajstić information content (AvgIpc) is 2.53. The number of phenolic OH excluding ortho intramolecular Hbond substituents is 1. The molecule has 0 bridgehead atoms. The van der Waals surface area contributed by atoms with E-state index >= 15 is 0 Å². The van der Waals surface area contributed by atoms with Gasteiger partial charge in [0.15, 0.2) is 0 Å². The summed E-state index contributed by atoms with van der Waals surface area (Å²) in [5, 5.41) is 14.7. The minimum Gasteiger partial charge on any atom is -0.508 e. The zero-order valence-electron chi connectivity index (χ0n) is 13.0. The molecule has 0 amide bonds. The lowest BCUT2D eigenvalue weighted by atomic mass is 10.00. The van der Waals surface area contributed by atoms with Crippen LogP contribution in [0, 0.1) is 0 Å². The van der Waals surface area contributed by atoms with Gasteiger partial charge >= 0.3 is 0 Å². The summed E-state index contributed by atoms with van der Waals surface area (Å²) in [6.07, 6.45) is 3.48. The lowest BCUT2D eigenvalue weighted by Crippen LogP contribution is -2.46. The van der Waals surface area contributed by atoms with E-state index < -0.39 is 0 Å². The molecule has 118 valence electrons. The van der Waals surface area contributed by atoms with Gasteiger partial charge in [-0.05, 0) is 43.5 Å². The number of hydrogen-bond donors (Lipinski definition) is 2. The molecule has 2 nitrogen and oxygen atoms in total. The Bertz CT molecular complexity index is 410. The van der Waals surface area contributed by atoms with Crippen LogP contribution in [-0.2, 0) is 6.42 Å². The maximum atomic E-state index is 9.44. The third kappa shape index (κ3) is 5.11. The molecule has 3 unspecified atom stereocenters. The van der Waals surface area contributed by atoms with Gasteiger partial charge in [0, 0.05) is 28.0 Å². The fraction of sp³-hybridized carbons (Fsp3) is 0.647. The molecule has 0 radical (unpaired) electrons. The largest absolute Gasteiger partial charge is 0.508 e. The molecular weight excluding hydrogens is 298 g/mol. The second-order valence-electron chi connectivity index (χ2n) is 5.58. The zero-order valence-corrected chi connectivity index (χ0v) is 14.7. The Morgan fingerprint density at radius 2 is 1.90 bits per heavy atom. The second-order valence-corrected chi connectivity index (χ2v) is 8.22. The number of phenols is 1. The summed E-state index contributed by atoms with van der Waals surface area (Å²) in [6, 6.07) is 8.23. The molecule has 4 heteroatoms. The SMILES string of the molecule is CCCNC(Cc1ccc(O)cc1)C1SCCSC1CC. The van der Waals surface area contributed by atoms with Crippen LogP contribution in [0.2, 0.25) is 0 Å². The summed E-state index contributed by atoms with van der Waals surface area (Å²) in [5.41, 5.74) is 1.31. The second kappa shape index (κ2) is 8.96. The highest BCUT2D eigenvalue weighted by molar-refractivity contribution is 8.07. The fourth-order valence-corrected chi connectivity index (χ4v) is 6.09. The van der Waals surface area contributed by atoms with Gasteiger partial charge in [-0.3, -0.25) is 0 Å². The first kappa shape index (κ1) is 17.0. The van der Waals surface area contributed by atoms with E-state index in [9.17, 15) is 5.11 Å². The number of benzene rings is 1. The van der Waals surface area contributed by atoms with Crippen LogP contribution < -0.4 is 5.32 Å². The van der Waals surface area contributed by atoms with Gasteiger partial charge in [0.2, 0.25) is 0 Å². The summed E-state index contributed by atoms with van der Waals surface area (Å²) in [4.78, 5) is 0. The van der Waals surface area contributed by atoms with Crippen LogP contribution >= 0.6 is 23.5 Å². The lowest BCUT2D eigenvalue weighted by Gasteiger charge is -2.36. The van der Waals surface area contributed by atoms with Crippen LogP contribution in [0.3, 0.4) is 0 Å². The number of thioether (sulfide) groups is 2. The molecule has 1 aliphatic rings. The fourth-order valence-electron chi connectivity index (χ4n) is 2.83. The Labute approximate surface area is 137 Å². The van der Waals surface area contributed by atoms with Gasteiger partial charge in [-0.25, -0.2) is 0 Å². The van der Waals surface area contributed by atoms with Crippen LogP contribution in [0.5, 0.6) is 5.75 Å². The molecule has 1 saturated heterocycles. The minimum atomic E-state index is 0.353. The van der Waals surface area contributed by atoms with E-state index in [1.165, 1.54) is 29.9 Å². The molecule has 0 aromatic heterocycles. The van der Waals surface area contributed by atoms with Gasteiger partial charge in [0.1, 0.15) is 5.75 Å². The van der Waals surface area contributed by atoms with E-state index in [4.69, 9.17) is 0 Å². The van der Waals surface area contributed by atoms with Crippen molar-refractivity contribution in [3.05, 3.63) is 29.8 Å². The van der Waals surface area contributed by atoms with Gasteiger partial charge in [0.05, 0.1) is 0 Å². The highest BCUT2D eigenvalue weighted by atomic mass is 32.2. The number of aromatic hydroxyl groups is 1. The van der Waals surface area contributed by atoms with Gasteiger partial charge < -0.3 is 10.4 Å². The molecule has 1 heterocycles. The maximum Gasteiger partial charge on any atom is 0.115 e. The van der Waals surface area contributed by atoms with E-state index in [2.05, 4.69) is 54.8 Å². The van der Waals surface area contributed by atoms with E-state index in [0.29, 0.717) is 17.0 Å². The zero-order chi connectivity index (χ0) is 15.1. The van der Waals surface area contributed by atoms with E-state index in [0.717, 1.165) is 18.2 Å². The molecule has 0 spiro atoms. The maximum absolute atomic E-state index is 9.44. The molecule has 21 heavy (non-hydrogen) atoms. The van der Waals surface area contributed by atoms with Crippen molar-refractivity contribution in [2.24, 2.45) is 0 Å². The molecule has 1 aliphatic heterocycles. The van der Waals surface area contributed by atoms with Crippen molar-refractivity contribution < 1.29 is 5.11 Å². The van der Waals surface area contributed by atoms with Crippen LogP contribution in [-0.4, -0.2) is 39.7 Å². The van der Waals surface area contributed by atoms with E-state index in [-0.39, 0.29) is 0 Å². The van der Waals surface area contributed by atoms with E-state index in [1.54, 1.807) is 12.1 Å². The topological polar surface area (TPSA) is 32.3 Å². The Balaban J connectivity index is 2.06. The predicted octanol–water partition coefficient (Wildman–Crippen LogP) is 3.93. The van der Waals surface area contributed by atoms with Crippen molar-refractivity contribution in [1.82, 2.24) is 5.32 Å². The van der Waals surface area contributed by atoms with Crippen LogP contribution in [0.15, 0.2) is 24.3 Å². The number of nitrogens with one attached hydrogen (secondary N) is 1. The van der Waals surface area contributed by atoms with Crippen LogP contribution in [0.4, 0.5) is 0 Å². The lowest BCUT2D eigenvalue weighted by molar-refractivity contribution is 0.470. The molecule has 1 aromatic carbocycles. The first-order valence-corrected chi connectivity index (χ1v) is 10.1. The summed E-state index contributed by atoms with van der Waals surface area (Å²) >= 11 is 4.29. The summed E-state index contributed by atoms with van der Waals surface area (Å²) in [5.74, 6) is 2.91. The average molecular weight is 326 g/mol. The molecule has 3 atom stereocenters. The normalized spacial score (nSPS) is 23.9. The first-order valence-electron chi connectivity index (χ1n) is 7.99. The van der Waals surface area contributed by atoms with Gasteiger partial charge in [-0.15, -0.1) is 0 Å². The molecule has 1 fully saturated rings. The quantitative estimate of drug-likeness (QED) is 0.795. The molecule has 0 aliphatic carbocycles.